The lowest BCUT2D eigenvalue weighted by Gasteiger charge is -2.19. The monoisotopic (exact) mass is 324 g/mol. The number of urea groups is 1. The van der Waals surface area contributed by atoms with Gasteiger partial charge in [-0.15, -0.1) is 0 Å². The Labute approximate surface area is 141 Å². The summed E-state index contributed by atoms with van der Waals surface area (Å²) in [5, 5.41) is 9.10. The van der Waals surface area contributed by atoms with E-state index in [4.69, 9.17) is 5.11 Å². The predicted octanol–water partition coefficient (Wildman–Crippen LogP) is 3.78. The number of amides is 2. The largest absolute Gasteiger partial charge is 0.478 e. The molecule has 0 atom stereocenters. The molecule has 0 aliphatic carbocycles. The average Bonchev–Trinajstić information content (AvgIpc) is 2.97. The van der Waals surface area contributed by atoms with E-state index in [1.807, 2.05) is 12.1 Å². The van der Waals surface area contributed by atoms with Crippen LogP contribution >= 0.6 is 0 Å². The van der Waals surface area contributed by atoms with Crippen molar-refractivity contribution in [3.63, 3.8) is 0 Å². The minimum atomic E-state index is -0.994. The van der Waals surface area contributed by atoms with Gasteiger partial charge in [-0.25, -0.2) is 9.59 Å². The van der Waals surface area contributed by atoms with Gasteiger partial charge >= 0.3 is 12.0 Å². The average molecular weight is 324 g/mol. The van der Waals surface area contributed by atoms with E-state index in [1.54, 1.807) is 21.9 Å². The summed E-state index contributed by atoms with van der Waals surface area (Å²) in [6.07, 6.45) is 2.12. The van der Waals surface area contributed by atoms with Crippen LogP contribution in [0.4, 0.5) is 16.2 Å². The van der Waals surface area contributed by atoms with Gasteiger partial charge in [0.15, 0.2) is 0 Å². The minimum Gasteiger partial charge on any atom is -0.478 e. The fourth-order valence-corrected chi connectivity index (χ4v) is 2.95. The highest BCUT2D eigenvalue weighted by atomic mass is 16.4. The first-order chi connectivity index (χ1) is 11.6. The van der Waals surface area contributed by atoms with Crippen LogP contribution in [-0.4, -0.2) is 30.2 Å². The minimum absolute atomic E-state index is 0.124. The van der Waals surface area contributed by atoms with Crippen molar-refractivity contribution in [2.75, 3.05) is 22.9 Å². The fraction of sp³-hybridized carbons (Fsp3) is 0.263. The fourth-order valence-electron chi connectivity index (χ4n) is 2.95. The van der Waals surface area contributed by atoms with Crippen molar-refractivity contribution >= 4 is 23.4 Å². The zero-order valence-electron chi connectivity index (χ0n) is 13.6. The highest BCUT2D eigenvalue weighted by molar-refractivity contribution is 6.06. The number of hydrogen-bond donors (Lipinski definition) is 1. The van der Waals surface area contributed by atoms with Gasteiger partial charge in [0.05, 0.1) is 5.56 Å². The Morgan fingerprint density at radius 3 is 2.33 bits per heavy atom. The molecule has 1 saturated heterocycles. The van der Waals surface area contributed by atoms with Crippen LogP contribution in [-0.2, 0) is 6.42 Å². The number of aromatic carboxylic acids is 1. The highest BCUT2D eigenvalue weighted by Crippen LogP contribution is 2.26. The SMILES string of the molecule is CCCc1ccc(N2CCN(c3cccc(C(=O)O)c3)C2=O)cc1. The van der Waals surface area contributed by atoms with Crippen LogP contribution in [0, 0.1) is 0 Å². The molecule has 1 heterocycles. The first-order valence-electron chi connectivity index (χ1n) is 8.11. The molecule has 1 N–H and O–H groups in total. The number of benzene rings is 2. The van der Waals surface area contributed by atoms with Gasteiger partial charge in [0.2, 0.25) is 0 Å². The molecule has 0 aromatic heterocycles. The molecule has 5 nitrogen and oxygen atoms in total. The van der Waals surface area contributed by atoms with Gasteiger partial charge in [-0.1, -0.05) is 31.5 Å². The molecule has 2 aromatic rings. The maximum atomic E-state index is 12.7. The van der Waals surface area contributed by atoms with Crippen molar-refractivity contribution in [2.24, 2.45) is 0 Å². The standard InChI is InChI=1S/C19H20N2O3/c1-2-4-14-7-9-16(10-8-14)20-11-12-21(19(20)24)17-6-3-5-15(13-17)18(22)23/h3,5-10,13H,2,4,11-12H2,1H3,(H,22,23). The van der Waals surface area contributed by atoms with E-state index in [9.17, 15) is 9.59 Å². The van der Waals surface area contributed by atoms with E-state index >= 15 is 0 Å². The molecule has 2 amide bonds. The van der Waals surface area contributed by atoms with Crippen LogP contribution in [0.1, 0.15) is 29.3 Å². The van der Waals surface area contributed by atoms with Crippen molar-refractivity contribution in [3.05, 3.63) is 59.7 Å². The van der Waals surface area contributed by atoms with Crippen molar-refractivity contribution in [1.82, 2.24) is 0 Å². The molecule has 1 aliphatic heterocycles. The first kappa shape index (κ1) is 16.1. The van der Waals surface area contributed by atoms with E-state index in [0.717, 1.165) is 18.5 Å². The molecule has 3 rings (SSSR count). The Kier molecular flexibility index (Phi) is 4.51. The number of anilines is 2. The maximum Gasteiger partial charge on any atom is 0.335 e. The maximum absolute atomic E-state index is 12.7. The van der Waals surface area contributed by atoms with Gasteiger partial charge in [-0.2, -0.15) is 0 Å². The Morgan fingerprint density at radius 1 is 1.04 bits per heavy atom. The molecule has 2 aromatic carbocycles. The first-order valence-corrected chi connectivity index (χ1v) is 8.11. The highest BCUT2D eigenvalue weighted by Gasteiger charge is 2.30. The van der Waals surface area contributed by atoms with Gasteiger partial charge in [0.25, 0.3) is 0 Å². The van der Waals surface area contributed by atoms with Crippen molar-refractivity contribution < 1.29 is 14.7 Å². The summed E-state index contributed by atoms with van der Waals surface area (Å²) in [5.74, 6) is -0.994. The summed E-state index contributed by atoms with van der Waals surface area (Å²) in [6, 6.07) is 14.4. The van der Waals surface area contributed by atoms with Crippen LogP contribution in [0.3, 0.4) is 0 Å². The summed E-state index contributed by atoms with van der Waals surface area (Å²) >= 11 is 0. The number of hydrogen-bond acceptors (Lipinski definition) is 2. The molecule has 5 heteroatoms. The molecule has 124 valence electrons. The number of carbonyl (C=O) groups is 2. The lowest BCUT2D eigenvalue weighted by atomic mass is 10.1. The van der Waals surface area contributed by atoms with Crippen molar-refractivity contribution in [1.29, 1.82) is 0 Å². The normalized spacial score (nSPS) is 14.3. The number of aryl methyl sites for hydroxylation is 1. The van der Waals surface area contributed by atoms with Crippen LogP contribution in [0.2, 0.25) is 0 Å². The molecule has 0 saturated carbocycles. The van der Waals surface area contributed by atoms with Gasteiger partial charge in [0, 0.05) is 24.5 Å². The van der Waals surface area contributed by atoms with E-state index in [-0.39, 0.29) is 11.6 Å². The van der Waals surface area contributed by atoms with Gasteiger partial charge in [0.1, 0.15) is 0 Å². The van der Waals surface area contributed by atoms with E-state index in [1.165, 1.54) is 17.7 Å². The second-order valence-electron chi connectivity index (χ2n) is 5.86. The van der Waals surface area contributed by atoms with Gasteiger partial charge in [-0.3, -0.25) is 9.80 Å². The summed E-state index contributed by atoms with van der Waals surface area (Å²) in [5.41, 5.74) is 2.93. The number of carbonyl (C=O) groups excluding carboxylic acids is 1. The Hall–Kier alpha value is -2.82. The number of carboxylic acids is 1. The summed E-state index contributed by atoms with van der Waals surface area (Å²) in [4.78, 5) is 27.2. The third kappa shape index (κ3) is 3.11. The molecule has 0 spiro atoms. The summed E-state index contributed by atoms with van der Waals surface area (Å²) in [7, 11) is 0. The quantitative estimate of drug-likeness (QED) is 0.910. The van der Waals surface area contributed by atoms with Crippen molar-refractivity contribution in [2.45, 2.75) is 19.8 Å². The van der Waals surface area contributed by atoms with E-state index in [0.29, 0.717) is 18.8 Å². The lowest BCUT2D eigenvalue weighted by molar-refractivity contribution is 0.0697. The molecular formula is C19H20N2O3. The van der Waals surface area contributed by atoms with Crippen LogP contribution < -0.4 is 9.80 Å². The number of nitrogens with zero attached hydrogens (tertiary/aromatic N) is 2. The van der Waals surface area contributed by atoms with E-state index in [2.05, 4.69) is 19.1 Å². The molecule has 0 radical (unpaired) electrons. The zero-order valence-corrected chi connectivity index (χ0v) is 13.6. The topological polar surface area (TPSA) is 60.9 Å². The van der Waals surface area contributed by atoms with Crippen LogP contribution in [0.5, 0.6) is 0 Å². The summed E-state index contributed by atoms with van der Waals surface area (Å²) < 4.78 is 0. The number of carboxylic acid groups (broad SMARTS) is 1. The second-order valence-corrected chi connectivity index (χ2v) is 5.86. The molecule has 1 fully saturated rings. The van der Waals surface area contributed by atoms with Crippen LogP contribution in [0.25, 0.3) is 0 Å². The van der Waals surface area contributed by atoms with Crippen molar-refractivity contribution in [3.8, 4) is 0 Å². The lowest BCUT2D eigenvalue weighted by Crippen LogP contribution is -2.31. The summed E-state index contributed by atoms with van der Waals surface area (Å²) in [6.45, 7) is 3.27. The second kappa shape index (κ2) is 6.74. The molecule has 0 bridgehead atoms. The predicted molar refractivity (Wildman–Crippen MR) is 93.9 cm³/mol. The molecular weight excluding hydrogens is 304 g/mol. The Bertz CT molecular complexity index is 755. The molecule has 1 aliphatic rings. The Balaban J connectivity index is 1.79. The van der Waals surface area contributed by atoms with Gasteiger partial charge < -0.3 is 5.11 Å². The smallest absolute Gasteiger partial charge is 0.335 e. The van der Waals surface area contributed by atoms with Gasteiger partial charge in [-0.05, 0) is 42.3 Å². The third-order valence-electron chi connectivity index (χ3n) is 4.20. The Morgan fingerprint density at radius 2 is 1.71 bits per heavy atom. The third-order valence-corrected chi connectivity index (χ3v) is 4.20. The van der Waals surface area contributed by atoms with E-state index < -0.39 is 5.97 Å². The van der Waals surface area contributed by atoms with Crippen LogP contribution in [0.15, 0.2) is 48.5 Å². The molecule has 0 unspecified atom stereocenters. The zero-order chi connectivity index (χ0) is 17.1. The number of rotatable bonds is 5. The molecule has 24 heavy (non-hydrogen) atoms.